The van der Waals surface area contributed by atoms with Gasteiger partial charge in [0.05, 0.1) is 0 Å². The summed E-state index contributed by atoms with van der Waals surface area (Å²) in [5, 5.41) is 11.1. The van der Waals surface area contributed by atoms with Gasteiger partial charge in [0.25, 0.3) is 0 Å². The number of nitrogens with one attached hydrogen (secondary N) is 1. The molecule has 0 saturated carbocycles. The Balaban J connectivity index is 2.03. The molecule has 0 amide bonds. The minimum Gasteiger partial charge on any atom is -0.384 e. The predicted molar refractivity (Wildman–Crippen MR) is 78.3 cm³/mol. The maximum atomic E-state index is 5.83. The molecule has 0 saturated heterocycles. The highest BCUT2D eigenvalue weighted by molar-refractivity contribution is 5.45. The molecule has 20 heavy (non-hydrogen) atoms. The van der Waals surface area contributed by atoms with E-state index in [1.807, 2.05) is 11.6 Å². The van der Waals surface area contributed by atoms with Gasteiger partial charge in [-0.2, -0.15) is 0 Å². The van der Waals surface area contributed by atoms with Crippen molar-refractivity contribution in [2.24, 2.45) is 7.05 Å². The molecule has 7 heteroatoms. The number of anilines is 2. The van der Waals surface area contributed by atoms with E-state index in [0.29, 0.717) is 12.4 Å². The van der Waals surface area contributed by atoms with Crippen molar-refractivity contribution in [1.82, 2.24) is 24.7 Å². The second-order valence-electron chi connectivity index (χ2n) is 5.79. The predicted octanol–water partition coefficient (Wildman–Crippen LogP) is 1.14. The minimum absolute atomic E-state index is 0.130. The van der Waals surface area contributed by atoms with Crippen LogP contribution in [0.1, 0.15) is 32.4 Å². The van der Waals surface area contributed by atoms with Crippen LogP contribution >= 0.6 is 0 Å². The minimum atomic E-state index is -0.130. The van der Waals surface area contributed by atoms with E-state index in [-0.39, 0.29) is 5.41 Å². The molecular weight excluding hydrogens is 254 g/mol. The molecule has 2 rings (SSSR count). The van der Waals surface area contributed by atoms with Gasteiger partial charge in [0.2, 0.25) is 0 Å². The topological polar surface area (TPSA) is 94.5 Å². The molecule has 7 nitrogen and oxygen atoms in total. The van der Waals surface area contributed by atoms with E-state index in [4.69, 9.17) is 5.73 Å². The van der Waals surface area contributed by atoms with E-state index in [2.05, 4.69) is 46.3 Å². The van der Waals surface area contributed by atoms with Gasteiger partial charge in [0.1, 0.15) is 29.6 Å². The number of nitrogens with two attached hydrogens (primary N) is 1. The highest BCUT2D eigenvalue weighted by Crippen LogP contribution is 2.21. The number of aromatic nitrogens is 5. The molecule has 0 aliphatic carbocycles. The van der Waals surface area contributed by atoms with Gasteiger partial charge in [-0.15, -0.1) is 10.2 Å². The van der Waals surface area contributed by atoms with Crippen molar-refractivity contribution in [1.29, 1.82) is 0 Å². The third-order valence-electron chi connectivity index (χ3n) is 2.88. The van der Waals surface area contributed by atoms with Gasteiger partial charge in [-0.25, -0.2) is 9.97 Å². The van der Waals surface area contributed by atoms with Crippen LogP contribution in [0.15, 0.2) is 12.4 Å². The zero-order chi connectivity index (χ0) is 14.8. The Morgan fingerprint density at radius 1 is 1.30 bits per heavy atom. The first-order valence-corrected chi connectivity index (χ1v) is 6.58. The van der Waals surface area contributed by atoms with Gasteiger partial charge < -0.3 is 15.6 Å². The van der Waals surface area contributed by atoms with Crippen LogP contribution in [0.25, 0.3) is 0 Å². The lowest BCUT2D eigenvalue weighted by Gasteiger charge is -2.18. The SMILES string of the molecule is Cn1cnnc1CCNc1cc(N)nc(C(C)(C)C)n1. The summed E-state index contributed by atoms with van der Waals surface area (Å²) < 4.78 is 1.90. The molecule has 108 valence electrons. The first-order chi connectivity index (χ1) is 9.36. The summed E-state index contributed by atoms with van der Waals surface area (Å²) in [6.45, 7) is 6.90. The zero-order valence-corrected chi connectivity index (χ0v) is 12.4. The standard InChI is InChI=1S/C13H21N7/c1-13(2,3)12-17-9(14)7-10(18-12)15-6-5-11-19-16-8-20(11)4/h7-8H,5-6H2,1-4H3,(H3,14,15,17,18). The summed E-state index contributed by atoms with van der Waals surface area (Å²) in [6, 6.07) is 1.74. The van der Waals surface area contributed by atoms with E-state index in [1.165, 1.54) is 0 Å². The van der Waals surface area contributed by atoms with E-state index in [0.717, 1.165) is 23.9 Å². The largest absolute Gasteiger partial charge is 0.384 e. The Kier molecular flexibility index (Phi) is 3.87. The zero-order valence-electron chi connectivity index (χ0n) is 12.4. The van der Waals surface area contributed by atoms with Crippen molar-refractivity contribution < 1.29 is 0 Å². The molecule has 0 fully saturated rings. The molecule has 0 aliphatic heterocycles. The van der Waals surface area contributed by atoms with Gasteiger partial charge in [-0.1, -0.05) is 20.8 Å². The van der Waals surface area contributed by atoms with Crippen molar-refractivity contribution in [3.63, 3.8) is 0 Å². The quantitative estimate of drug-likeness (QED) is 0.869. The van der Waals surface area contributed by atoms with Gasteiger partial charge >= 0.3 is 0 Å². The van der Waals surface area contributed by atoms with Crippen LogP contribution in [0, 0.1) is 0 Å². The van der Waals surface area contributed by atoms with Gasteiger partial charge in [0.15, 0.2) is 0 Å². The van der Waals surface area contributed by atoms with E-state index in [9.17, 15) is 0 Å². The van der Waals surface area contributed by atoms with Crippen LogP contribution in [0.5, 0.6) is 0 Å². The molecule has 0 atom stereocenters. The number of nitrogens with zero attached hydrogens (tertiary/aromatic N) is 5. The van der Waals surface area contributed by atoms with E-state index in [1.54, 1.807) is 12.4 Å². The number of aryl methyl sites for hydroxylation is 1. The monoisotopic (exact) mass is 275 g/mol. The Labute approximate surface area is 118 Å². The number of hydrogen-bond donors (Lipinski definition) is 2. The second kappa shape index (κ2) is 5.44. The lowest BCUT2D eigenvalue weighted by molar-refractivity contribution is 0.547. The summed E-state index contributed by atoms with van der Waals surface area (Å²) in [6.07, 6.45) is 2.46. The van der Waals surface area contributed by atoms with Crippen molar-refractivity contribution >= 4 is 11.6 Å². The van der Waals surface area contributed by atoms with Gasteiger partial charge in [-0.05, 0) is 0 Å². The van der Waals surface area contributed by atoms with E-state index < -0.39 is 0 Å². The normalized spacial score (nSPS) is 11.6. The fourth-order valence-corrected chi connectivity index (χ4v) is 1.73. The molecule has 0 aromatic carbocycles. The van der Waals surface area contributed by atoms with Crippen LogP contribution in [0.4, 0.5) is 11.6 Å². The molecule has 0 spiro atoms. The highest BCUT2D eigenvalue weighted by Gasteiger charge is 2.18. The number of hydrogen-bond acceptors (Lipinski definition) is 6. The average molecular weight is 275 g/mol. The Hall–Kier alpha value is -2.18. The summed E-state index contributed by atoms with van der Waals surface area (Å²) >= 11 is 0. The van der Waals surface area contributed by atoms with E-state index >= 15 is 0 Å². The lowest BCUT2D eigenvalue weighted by Crippen LogP contribution is -2.19. The molecule has 0 bridgehead atoms. The second-order valence-corrected chi connectivity index (χ2v) is 5.79. The Morgan fingerprint density at radius 3 is 2.65 bits per heavy atom. The lowest BCUT2D eigenvalue weighted by atomic mass is 9.96. The Morgan fingerprint density at radius 2 is 2.05 bits per heavy atom. The first-order valence-electron chi connectivity index (χ1n) is 6.58. The van der Waals surface area contributed by atoms with Crippen LogP contribution < -0.4 is 11.1 Å². The van der Waals surface area contributed by atoms with Crippen molar-refractivity contribution in [2.45, 2.75) is 32.6 Å². The number of rotatable bonds is 4. The molecule has 0 aliphatic rings. The fraction of sp³-hybridized carbons (Fsp3) is 0.538. The molecule has 2 aromatic heterocycles. The molecule has 2 aromatic rings. The summed E-state index contributed by atoms with van der Waals surface area (Å²) in [5.74, 6) is 2.88. The van der Waals surface area contributed by atoms with Crippen molar-refractivity contribution in [2.75, 3.05) is 17.6 Å². The first kappa shape index (κ1) is 14.2. The molecular formula is C13H21N7. The summed E-state index contributed by atoms with van der Waals surface area (Å²) in [5.41, 5.74) is 5.70. The van der Waals surface area contributed by atoms with Gasteiger partial charge in [0, 0.05) is 31.5 Å². The van der Waals surface area contributed by atoms with Crippen LogP contribution in [0.3, 0.4) is 0 Å². The number of nitrogen functional groups attached to an aromatic ring is 1. The van der Waals surface area contributed by atoms with Crippen LogP contribution in [0.2, 0.25) is 0 Å². The van der Waals surface area contributed by atoms with Crippen molar-refractivity contribution in [3.8, 4) is 0 Å². The molecule has 3 N–H and O–H groups in total. The fourth-order valence-electron chi connectivity index (χ4n) is 1.73. The van der Waals surface area contributed by atoms with Crippen molar-refractivity contribution in [3.05, 3.63) is 24.0 Å². The summed E-state index contributed by atoms with van der Waals surface area (Å²) in [4.78, 5) is 8.78. The maximum Gasteiger partial charge on any atom is 0.138 e. The average Bonchev–Trinajstić information content (AvgIpc) is 2.73. The Bertz CT molecular complexity index is 583. The summed E-state index contributed by atoms with van der Waals surface area (Å²) in [7, 11) is 1.93. The molecule has 2 heterocycles. The van der Waals surface area contributed by atoms with Crippen LogP contribution in [-0.4, -0.2) is 31.3 Å². The van der Waals surface area contributed by atoms with Crippen LogP contribution in [-0.2, 0) is 18.9 Å². The smallest absolute Gasteiger partial charge is 0.138 e. The maximum absolute atomic E-state index is 5.83. The third kappa shape index (κ3) is 3.43. The van der Waals surface area contributed by atoms with Gasteiger partial charge in [-0.3, -0.25) is 0 Å². The molecule has 0 radical (unpaired) electrons. The third-order valence-corrected chi connectivity index (χ3v) is 2.88. The highest BCUT2D eigenvalue weighted by atomic mass is 15.2. The molecule has 0 unspecified atom stereocenters.